The topological polar surface area (TPSA) is 46.9 Å². The van der Waals surface area contributed by atoms with Gasteiger partial charge in [0.25, 0.3) is 5.91 Å². The molecule has 1 amide bonds. The first-order chi connectivity index (χ1) is 11.0. The molecule has 1 heterocycles. The minimum absolute atomic E-state index is 0.331. The van der Waals surface area contributed by atoms with Gasteiger partial charge < -0.3 is 5.32 Å². The Labute approximate surface area is 147 Å². The second kappa shape index (κ2) is 6.62. The molecule has 0 aliphatic heterocycles. The fourth-order valence-corrected chi connectivity index (χ4v) is 2.51. The Bertz CT molecular complexity index is 877. The second-order valence-electron chi connectivity index (χ2n) is 4.73. The summed E-state index contributed by atoms with van der Waals surface area (Å²) in [6, 6.07) is 12.0. The number of halogens is 3. The third-order valence-electron chi connectivity index (χ3n) is 3.09. The summed E-state index contributed by atoms with van der Waals surface area (Å²) in [5, 5.41) is 8.36. The van der Waals surface area contributed by atoms with Gasteiger partial charge in [0.2, 0.25) is 0 Å². The third kappa shape index (κ3) is 3.67. The summed E-state index contributed by atoms with van der Waals surface area (Å²) in [4.78, 5) is 12.3. The second-order valence-corrected chi connectivity index (χ2v) is 6.01. The molecule has 0 bridgehead atoms. The predicted octanol–water partition coefficient (Wildman–Crippen LogP) is 5.08. The summed E-state index contributed by atoms with van der Waals surface area (Å²) in [5.41, 5.74) is 1.60. The highest BCUT2D eigenvalue weighted by molar-refractivity contribution is 6.35. The van der Waals surface area contributed by atoms with Crippen molar-refractivity contribution in [2.45, 2.75) is 0 Å². The van der Waals surface area contributed by atoms with Crippen LogP contribution in [0.15, 0.2) is 54.9 Å². The molecule has 0 saturated heterocycles. The molecule has 4 nitrogen and oxygen atoms in total. The van der Waals surface area contributed by atoms with Crippen LogP contribution in [-0.2, 0) is 0 Å². The van der Waals surface area contributed by atoms with Crippen molar-refractivity contribution >= 4 is 46.4 Å². The van der Waals surface area contributed by atoms with Crippen LogP contribution >= 0.6 is 34.8 Å². The maximum Gasteiger partial charge on any atom is 0.258 e. The molecule has 3 rings (SSSR count). The highest BCUT2D eigenvalue weighted by atomic mass is 35.5. The molecule has 0 aliphatic rings. The van der Waals surface area contributed by atoms with Crippen LogP contribution in [0.3, 0.4) is 0 Å². The first-order valence-corrected chi connectivity index (χ1v) is 7.73. The van der Waals surface area contributed by atoms with E-state index in [-0.39, 0.29) is 5.91 Å². The molecule has 0 unspecified atom stereocenters. The van der Waals surface area contributed by atoms with Gasteiger partial charge >= 0.3 is 0 Å². The van der Waals surface area contributed by atoms with Crippen LogP contribution in [0.5, 0.6) is 0 Å². The number of carbonyl (C=O) groups is 1. The van der Waals surface area contributed by atoms with Crippen molar-refractivity contribution in [1.82, 2.24) is 9.78 Å². The predicted molar refractivity (Wildman–Crippen MR) is 93.0 cm³/mol. The van der Waals surface area contributed by atoms with Crippen LogP contribution in [0.25, 0.3) is 5.69 Å². The molecule has 2 aromatic carbocycles. The van der Waals surface area contributed by atoms with Gasteiger partial charge in [-0.15, -0.1) is 0 Å². The third-order valence-corrected chi connectivity index (χ3v) is 3.89. The molecule has 3 aromatic rings. The van der Waals surface area contributed by atoms with E-state index in [4.69, 9.17) is 34.8 Å². The lowest BCUT2D eigenvalue weighted by molar-refractivity contribution is 0.102. The minimum atomic E-state index is -0.331. The smallest absolute Gasteiger partial charge is 0.258 e. The Kier molecular flexibility index (Phi) is 4.57. The van der Waals surface area contributed by atoms with Crippen LogP contribution in [0.1, 0.15) is 10.4 Å². The molecule has 1 N–H and O–H groups in total. The van der Waals surface area contributed by atoms with E-state index in [1.807, 2.05) is 12.1 Å². The Morgan fingerprint density at radius 2 is 1.83 bits per heavy atom. The summed E-state index contributed by atoms with van der Waals surface area (Å²) in [6.45, 7) is 0. The van der Waals surface area contributed by atoms with Crippen molar-refractivity contribution < 1.29 is 4.79 Å². The maximum absolute atomic E-state index is 12.3. The van der Waals surface area contributed by atoms with Gasteiger partial charge in [-0.3, -0.25) is 4.79 Å². The molecule has 7 heteroatoms. The van der Waals surface area contributed by atoms with E-state index in [1.54, 1.807) is 41.2 Å². The molecule has 0 fully saturated rings. The van der Waals surface area contributed by atoms with E-state index in [9.17, 15) is 4.79 Å². The van der Waals surface area contributed by atoms with Crippen molar-refractivity contribution in [3.63, 3.8) is 0 Å². The molecule has 0 aliphatic carbocycles. The zero-order valence-corrected chi connectivity index (χ0v) is 13.9. The highest BCUT2D eigenvalue weighted by Gasteiger charge is 2.12. The number of benzene rings is 2. The van der Waals surface area contributed by atoms with Crippen molar-refractivity contribution in [1.29, 1.82) is 0 Å². The van der Waals surface area contributed by atoms with Gasteiger partial charge in [-0.05, 0) is 36.4 Å². The van der Waals surface area contributed by atoms with Gasteiger partial charge in [-0.25, -0.2) is 4.68 Å². The molecule has 0 radical (unpaired) electrons. The number of hydrogen-bond acceptors (Lipinski definition) is 2. The van der Waals surface area contributed by atoms with Gasteiger partial charge in [0.1, 0.15) is 0 Å². The number of amides is 1. The fourth-order valence-electron chi connectivity index (χ4n) is 1.99. The summed E-state index contributed by atoms with van der Waals surface area (Å²) in [7, 11) is 0. The van der Waals surface area contributed by atoms with Crippen LogP contribution < -0.4 is 5.32 Å². The van der Waals surface area contributed by atoms with E-state index < -0.39 is 0 Å². The zero-order valence-electron chi connectivity index (χ0n) is 11.6. The fraction of sp³-hybridized carbons (Fsp3) is 0. The number of nitrogens with one attached hydrogen (secondary N) is 1. The molecule has 23 heavy (non-hydrogen) atoms. The van der Waals surface area contributed by atoms with E-state index in [2.05, 4.69) is 10.4 Å². The summed E-state index contributed by atoms with van der Waals surface area (Å²) in [6.07, 6.45) is 3.08. The van der Waals surface area contributed by atoms with Crippen LogP contribution in [-0.4, -0.2) is 15.7 Å². The largest absolute Gasteiger partial charge is 0.320 e. The van der Waals surface area contributed by atoms with Crippen LogP contribution in [0.2, 0.25) is 15.1 Å². The van der Waals surface area contributed by atoms with E-state index >= 15 is 0 Å². The lowest BCUT2D eigenvalue weighted by Gasteiger charge is -2.06. The Hall–Kier alpha value is -2.01. The number of anilines is 1. The quantitative estimate of drug-likeness (QED) is 0.702. The highest BCUT2D eigenvalue weighted by Crippen LogP contribution is 2.26. The average Bonchev–Trinajstić information content (AvgIpc) is 3.01. The van der Waals surface area contributed by atoms with Crippen LogP contribution in [0, 0.1) is 0 Å². The lowest BCUT2D eigenvalue weighted by atomic mass is 10.3. The van der Waals surface area contributed by atoms with Gasteiger partial charge in [0.15, 0.2) is 0 Å². The Morgan fingerprint density at radius 1 is 1.04 bits per heavy atom. The number of hydrogen-bond donors (Lipinski definition) is 1. The van der Waals surface area contributed by atoms with Crippen LogP contribution in [0.4, 0.5) is 5.69 Å². The Morgan fingerprint density at radius 3 is 2.61 bits per heavy atom. The minimum Gasteiger partial charge on any atom is -0.320 e. The summed E-state index contributed by atoms with van der Waals surface area (Å²) < 4.78 is 1.57. The summed E-state index contributed by atoms with van der Waals surface area (Å²) >= 11 is 17.9. The van der Waals surface area contributed by atoms with E-state index in [1.165, 1.54) is 6.20 Å². The van der Waals surface area contributed by atoms with E-state index in [0.29, 0.717) is 26.3 Å². The zero-order chi connectivity index (χ0) is 16.4. The number of carbonyl (C=O) groups excluding carboxylic acids is 1. The van der Waals surface area contributed by atoms with Crippen molar-refractivity contribution in [3.8, 4) is 5.69 Å². The first kappa shape index (κ1) is 15.9. The number of rotatable bonds is 3. The van der Waals surface area contributed by atoms with Gasteiger partial charge in [0, 0.05) is 16.2 Å². The van der Waals surface area contributed by atoms with Crippen molar-refractivity contribution in [2.24, 2.45) is 0 Å². The monoisotopic (exact) mass is 365 g/mol. The van der Waals surface area contributed by atoms with Crippen molar-refractivity contribution in [2.75, 3.05) is 5.32 Å². The summed E-state index contributed by atoms with van der Waals surface area (Å²) in [5.74, 6) is -0.331. The molecule has 1 aromatic heterocycles. The first-order valence-electron chi connectivity index (χ1n) is 6.60. The average molecular weight is 367 g/mol. The van der Waals surface area contributed by atoms with Gasteiger partial charge in [0.05, 0.1) is 28.2 Å². The molecule has 116 valence electrons. The van der Waals surface area contributed by atoms with Gasteiger partial charge in [-0.1, -0.05) is 40.9 Å². The molecular formula is C16H10Cl3N3O. The maximum atomic E-state index is 12.3. The molecule has 0 spiro atoms. The molecular weight excluding hydrogens is 357 g/mol. The standard InChI is InChI=1S/C16H10Cl3N3O/c17-11-2-1-3-13(6-11)22-9-10(8-20-22)16(23)21-15-7-12(18)4-5-14(15)19/h1-9H,(H,21,23). The lowest BCUT2D eigenvalue weighted by Crippen LogP contribution is -2.11. The van der Waals surface area contributed by atoms with Crippen molar-refractivity contribution in [3.05, 3.63) is 75.5 Å². The van der Waals surface area contributed by atoms with E-state index in [0.717, 1.165) is 5.69 Å². The Balaban J connectivity index is 1.82. The number of aromatic nitrogens is 2. The SMILES string of the molecule is O=C(Nc1cc(Cl)ccc1Cl)c1cnn(-c2cccc(Cl)c2)c1. The molecule has 0 atom stereocenters. The molecule has 0 saturated carbocycles. The normalized spacial score (nSPS) is 10.6. The number of nitrogens with zero attached hydrogens (tertiary/aromatic N) is 2. The van der Waals surface area contributed by atoms with Gasteiger partial charge in [-0.2, -0.15) is 5.10 Å².